The Morgan fingerprint density at radius 1 is 1.27 bits per heavy atom. The largest absolute Gasteiger partial charge is 0.396 e. The minimum Gasteiger partial charge on any atom is -0.396 e. The number of rotatable bonds is 5. The number of nitrogens with zero attached hydrogens (tertiary/aromatic N) is 4. The minimum absolute atomic E-state index is 0.103. The number of amides is 1. The van der Waals surface area contributed by atoms with Crippen molar-refractivity contribution in [2.45, 2.75) is 51.5 Å². The van der Waals surface area contributed by atoms with Gasteiger partial charge in [0.05, 0.1) is 10.6 Å². The standard InChI is InChI=1S/C19H26N4O2S/c24-10-7-16-13-23(21-20-16)12-14-5-8-22(9-6-14)19(25)18-11-15-3-1-2-4-17(15)26-18/h11,13-14,24H,1-10,12H2. The fraction of sp³-hybridized carbons (Fsp3) is 0.632. The van der Waals surface area contributed by atoms with Gasteiger partial charge in [0.15, 0.2) is 0 Å². The van der Waals surface area contributed by atoms with Crippen molar-refractivity contribution in [1.82, 2.24) is 19.9 Å². The lowest BCUT2D eigenvalue weighted by Crippen LogP contribution is -2.39. The van der Waals surface area contributed by atoms with Gasteiger partial charge in [-0.2, -0.15) is 0 Å². The third kappa shape index (κ3) is 3.83. The molecule has 0 atom stereocenters. The van der Waals surface area contributed by atoms with Crippen LogP contribution in [0.25, 0.3) is 0 Å². The molecule has 0 unspecified atom stereocenters. The number of aliphatic hydroxyl groups is 1. The summed E-state index contributed by atoms with van der Waals surface area (Å²) in [7, 11) is 0. The van der Waals surface area contributed by atoms with Crippen LogP contribution in [0.4, 0.5) is 0 Å². The van der Waals surface area contributed by atoms with Crippen molar-refractivity contribution in [3.63, 3.8) is 0 Å². The maximum atomic E-state index is 12.8. The van der Waals surface area contributed by atoms with Gasteiger partial charge < -0.3 is 10.0 Å². The second kappa shape index (κ2) is 7.88. The van der Waals surface area contributed by atoms with Crippen LogP contribution in [0, 0.1) is 5.92 Å². The first kappa shape index (κ1) is 17.7. The number of carbonyl (C=O) groups is 1. The van der Waals surface area contributed by atoms with E-state index in [1.54, 1.807) is 11.3 Å². The lowest BCUT2D eigenvalue weighted by Gasteiger charge is -2.31. The molecule has 1 saturated heterocycles. The number of thiophene rings is 1. The number of aromatic nitrogens is 3. The van der Waals surface area contributed by atoms with Crippen molar-refractivity contribution in [2.75, 3.05) is 19.7 Å². The molecule has 7 heteroatoms. The monoisotopic (exact) mass is 374 g/mol. The van der Waals surface area contributed by atoms with Crippen LogP contribution in [0.5, 0.6) is 0 Å². The summed E-state index contributed by atoms with van der Waals surface area (Å²) in [6.45, 7) is 2.59. The zero-order chi connectivity index (χ0) is 17.9. The molecule has 1 N–H and O–H groups in total. The van der Waals surface area contributed by atoms with Crippen LogP contribution in [0.2, 0.25) is 0 Å². The van der Waals surface area contributed by atoms with E-state index >= 15 is 0 Å². The van der Waals surface area contributed by atoms with Gasteiger partial charge in [-0.05, 0) is 56.1 Å². The van der Waals surface area contributed by atoms with E-state index in [1.807, 2.05) is 15.8 Å². The first-order valence-electron chi connectivity index (χ1n) is 9.63. The summed E-state index contributed by atoms with van der Waals surface area (Å²) in [6, 6.07) is 2.14. The van der Waals surface area contributed by atoms with Gasteiger partial charge >= 0.3 is 0 Å². The molecule has 1 aliphatic heterocycles. The van der Waals surface area contributed by atoms with E-state index in [1.165, 1.54) is 23.3 Å². The number of hydrogen-bond donors (Lipinski definition) is 1. The average molecular weight is 375 g/mol. The van der Waals surface area contributed by atoms with Crippen LogP contribution in [0.1, 0.15) is 51.5 Å². The van der Waals surface area contributed by atoms with Gasteiger partial charge in [0.1, 0.15) is 0 Å². The van der Waals surface area contributed by atoms with Crippen molar-refractivity contribution >= 4 is 17.2 Å². The van der Waals surface area contributed by atoms with Gasteiger partial charge in [0.25, 0.3) is 5.91 Å². The third-order valence-corrected chi connectivity index (χ3v) is 6.73. The van der Waals surface area contributed by atoms with Crippen LogP contribution in [-0.4, -0.2) is 50.6 Å². The molecule has 4 rings (SSSR count). The molecule has 26 heavy (non-hydrogen) atoms. The van der Waals surface area contributed by atoms with E-state index in [4.69, 9.17) is 5.11 Å². The zero-order valence-corrected chi connectivity index (χ0v) is 15.9. The number of carbonyl (C=O) groups excluding carboxylic acids is 1. The first-order chi connectivity index (χ1) is 12.7. The highest BCUT2D eigenvalue weighted by Crippen LogP contribution is 2.31. The molecule has 1 aliphatic carbocycles. The third-order valence-electron chi connectivity index (χ3n) is 5.51. The maximum absolute atomic E-state index is 12.8. The Morgan fingerprint density at radius 3 is 2.85 bits per heavy atom. The minimum atomic E-state index is 0.103. The summed E-state index contributed by atoms with van der Waals surface area (Å²) in [5.41, 5.74) is 2.24. The van der Waals surface area contributed by atoms with Gasteiger partial charge in [-0.15, -0.1) is 16.4 Å². The van der Waals surface area contributed by atoms with Crippen LogP contribution in [-0.2, 0) is 25.8 Å². The fourth-order valence-electron chi connectivity index (χ4n) is 3.99. The second-order valence-corrected chi connectivity index (χ2v) is 8.54. The molecule has 1 fully saturated rings. The Labute approximate surface area is 157 Å². The highest BCUT2D eigenvalue weighted by Gasteiger charge is 2.26. The summed E-state index contributed by atoms with van der Waals surface area (Å²) in [5, 5.41) is 17.2. The normalized spacial score (nSPS) is 18.1. The Morgan fingerprint density at radius 2 is 2.08 bits per heavy atom. The van der Waals surface area contributed by atoms with Gasteiger partial charge in [-0.1, -0.05) is 5.21 Å². The molecular formula is C19H26N4O2S. The number of piperidine rings is 1. The maximum Gasteiger partial charge on any atom is 0.263 e. The molecule has 0 spiro atoms. The molecule has 0 bridgehead atoms. The summed E-state index contributed by atoms with van der Waals surface area (Å²) >= 11 is 1.71. The Hall–Kier alpha value is -1.73. The lowest BCUT2D eigenvalue weighted by atomic mass is 9.96. The molecule has 1 amide bonds. The van der Waals surface area contributed by atoms with E-state index in [2.05, 4.69) is 16.4 Å². The Bertz CT molecular complexity index is 738. The van der Waals surface area contributed by atoms with E-state index in [0.717, 1.165) is 55.9 Å². The van der Waals surface area contributed by atoms with E-state index < -0.39 is 0 Å². The van der Waals surface area contributed by atoms with E-state index in [0.29, 0.717) is 12.3 Å². The molecule has 2 aromatic rings. The number of hydrogen-bond acceptors (Lipinski definition) is 5. The molecule has 2 aliphatic rings. The quantitative estimate of drug-likeness (QED) is 0.872. The van der Waals surface area contributed by atoms with Crippen LogP contribution < -0.4 is 0 Å². The van der Waals surface area contributed by atoms with Crippen LogP contribution in [0.3, 0.4) is 0 Å². The van der Waals surface area contributed by atoms with Crippen molar-refractivity contribution < 1.29 is 9.90 Å². The fourth-order valence-corrected chi connectivity index (χ4v) is 5.21. The first-order valence-corrected chi connectivity index (χ1v) is 10.5. The number of aryl methyl sites for hydroxylation is 2. The van der Waals surface area contributed by atoms with Crippen molar-refractivity contribution in [1.29, 1.82) is 0 Å². The van der Waals surface area contributed by atoms with Gasteiger partial charge in [0, 0.05) is 43.7 Å². The van der Waals surface area contributed by atoms with Crippen LogP contribution >= 0.6 is 11.3 Å². The van der Waals surface area contributed by atoms with Gasteiger partial charge in [-0.25, -0.2) is 0 Å². The molecule has 2 aromatic heterocycles. The average Bonchev–Trinajstić information content (AvgIpc) is 3.29. The van der Waals surface area contributed by atoms with E-state index in [-0.39, 0.29) is 12.5 Å². The summed E-state index contributed by atoms with van der Waals surface area (Å²) < 4.78 is 1.88. The molecule has 3 heterocycles. The number of aliphatic hydroxyl groups excluding tert-OH is 1. The highest BCUT2D eigenvalue weighted by atomic mass is 32.1. The van der Waals surface area contributed by atoms with E-state index in [9.17, 15) is 4.79 Å². The molecule has 6 nitrogen and oxygen atoms in total. The van der Waals surface area contributed by atoms with Gasteiger partial charge in [0.2, 0.25) is 0 Å². The molecule has 0 radical (unpaired) electrons. The number of likely N-dealkylation sites (tertiary alicyclic amines) is 1. The highest BCUT2D eigenvalue weighted by molar-refractivity contribution is 7.14. The lowest BCUT2D eigenvalue weighted by molar-refractivity contribution is 0.0686. The molecular weight excluding hydrogens is 348 g/mol. The smallest absolute Gasteiger partial charge is 0.263 e. The molecule has 0 saturated carbocycles. The Balaban J connectivity index is 1.31. The molecule has 0 aromatic carbocycles. The van der Waals surface area contributed by atoms with Crippen LogP contribution in [0.15, 0.2) is 12.3 Å². The van der Waals surface area contributed by atoms with Crippen molar-refractivity contribution in [3.8, 4) is 0 Å². The SMILES string of the molecule is O=C(c1cc2c(s1)CCCC2)N1CCC(Cn2cc(CCO)nn2)CC1. The summed E-state index contributed by atoms with van der Waals surface area (Å²) in [4.78, 5) is 17.2. The van der Waals surface area contributed by atoms with Crippen molar-refractivity contribution in [3.05, 3.63) is 33.3 Å². The van der Waals surface area contributed by atoms with Crippen molar-refractivity contribution in [2.24, 2.45) is 5.92 Å². The predicted octanol–water partition coefficient (Wildman–Crippen LogP) is 2.31. The summed E-state index contributed by atoms with van der Waals surface area (Å²) in [5.74, 6) is 0.744. The topological polar surface area (TPSA) is 71.2 Å². The molecule has 140 valence electrons. The van der Waals surface area contributed by atoms with Gasteiger partial charge in [-0.3, -0.25) is 9.48 Å². The predicted molar refractivity (Wildman–Crippen MR) is 100 cm³/mol. The summed E-state index contributed by atoms with van der Waals surface area (Å²) in [6.07, 6.45) is 9.28. The number of fused-ring (bicyclic) bond motifs is 1. The zero-order valence-electron chi connectivity index (χ0n) is 15.1. The Kier molecular flexibility index (Phi) is 5.36. The second-order valence-electron chi connectivity index (χ2n) is 7.41.